The first-order valence-electron chi connectivity index (χ1n) is 5.99. The third kappa shape index (κ3) is 4.48. The van der Waals surface area contributed by atoms with Crippen LogP contribution in [-0.2, 0) is 10.9 Å². The first kappa shape index (κ1) is 16.4. The Balaban J connectivity index is 2.74. The van der Waals surface area contributed by atoms with Crippen LogP contribution in [0.25, 0.3) is 0 Å². The van der Waals surface area contributed by atoms with Crippen molar-refractivity contribution in [1.29, 1.82) is 0 Å². The predicted molar refractivity (Wildman–Crippen MR) is 64.8 cm³/mol. The normalized spacial score (nSPS) is 11.8. The molecule has 1 N–H and O–H groups in total. The Labute approximate surface area is 113 Å². The Morgan fingerprint density at radius 2 is 2.00 bits per heavy atom. The van der Waals surface area contributed by atoms with Gasteiger partial charge in [0.2, 0.25) is 0 Å². The van der Waals surface area contributed by atoms with Crippen molar-refractivity contribution in [2.45, 2.75) is 26.1 Å². The van der Waals surface area contributed by atoms with E-state index in [0.29, 0.717) is 6.07 Å². The Kier molecular flexibility index (Phi) is 5.50. The smallest absolute Gasteiger partial charge is 0.377 e. The van der Waals surface area contributed by atoms with Gasteiger partial charge < -0.3 is 10.1 Å². The summed E-state index contributed by atoms with van der Waals surface area (Å²) in [5.41, 5.74) is -2.09. The molecule has 0 saturated carbocycles. The minimum absolute atomic E-state index is 0.0304. The molecule has 0 heterocycles. The van der Waals surface area contributed by atoms with Gasteiger partial charge in [0, 0.05) is 6.54 Å². The summed E-state index contributed by atoms with van der Waals surface area (Å²) in [6.45, 7) is 3.89. The number of alkyl halides is 3. The molecule has 7 heteroatoms. The number of carbonyl (C=O) groups is 1. The zero-order valence-corrected chi connectivity index (χ0v) is 11.1. The molecule has 0 aromatic heterocycles. The van der Waals surface area contributed by atoms with Gasteiger partial charge in [0.1, 0.15) is 5.82 Å². The number of ether oxygens (including phenoxy) is 1. The molecule has 0 unspecified atom stereocenters. The third-order valence-electron chi connectivity index (χ3n) is 2.39. The van der Waals surface area contributed by atoms with Gasteiger partial charge in [-0.25, -0.2) is 4.39 Å². The molecule has 1 rings (SSSR count). The molecule has 3 nitrogen and oxygen atoms in total. The highest BCUT2D eigenvalue weighted by molar-refractivity contribution is 5.94. The van der Waals surface area contributed by atoms with E-state index in [9.17, 15) is 22.4 Å². The van der Waals surface area contributed by atoms with Crippen molar-refractivity contribution in [2.75, 3.05) is 13.2 Å². The fourth-order valence-electron chi connectivity index (χ4n) is 1.48. The summed E-state index contributed by atoms with van der Waals surface area (Å²) in [5.74, 6) is -2.47. The van der Waals surface area contributed by atoms with E-state index in [2.05, 4.69) is 5.32 Å². The van der Waals surface area contributed by atoms with Crippen LogP contribution >= 0.6 is 0 Å². The molecule has 0 atom stereocenters. The van der Waals surface area contributed by atoms with E-state index in [1.807, 2.05) is 0 Å². The van der Waals surface area contributed by atoms with Crippen molar-refractivity contribution in [2.24, 2.45) is 0 Å². The minimum Gasteiger partial charge on any atom is -0.377 e. The first-order valence-corrected chi connectivity index (χ1v) is 5.99. The van der Waals surface area contributed by atoms with Crippen molar-refractivity contribution >= 4 is 5.91 Å². The molecule has 0 aliphatic heterocycles. The fraction of sp³-hybridized carbons (Fsp3) is 0.462. The SMILES string of the molecule is CC(C)OCCNC(=O)c1cccc(C(F)(F)F)c1F. The van der Waals surface area contributed by atoms with E-state index in [1.54, 1.807) is 13.8 Å². The van der Waals surface area contributed by atoms with Crippen LogP contribution in [0.3, 0.4) is 0 Å². The molecule has 0 radical (unpaired) electrons. The van der Waals surface area contributed by atoms with Crippen molar-refractivity contribution in [3.63, 3.8) is 0 Å². The third-order valence-corrected chi connectivity index (χ3v) is 2.39. The van der Waals surface area contributed by atoms with Crippen LogP contribution in [0.5, 0.6) is 0 Å². The van der Waals surface area contributed by atoms with E-state index in [4.69, 9.17) is 4.74 Å². The molecule has 1 aromatic carbocycles. The van der Waals surface area contributed by atoms with Crippen LogP contribution in [-0.4, -0.2) is 25.2 Å². The molecule has 112 valence electrons. The average Bonchev–Trinajstić information content (AvgIpc) is 2.33. The van der Waals surface area contributed by atoms with Gasteiger partial charge >= 0.3 is 6.18 Å². The van der Waals surface area contributed by atoms with Gasteiger partial charge in [-0.15, -0.1) is 0 Å². The van der Waals surface area contributed by atoms with Crippen molar-refractivity contribution in [3.05, 3.63) is 35.1 Å². The van der Waals surface area contributed by atoms with Crippen LogP contribution in [0.15, 0.2) is 18.2 Å². The zero-order valence-electron chi connectivity index (χ0n) is 11.1. The lowest BCUT2D eigenvalue weighted by Gasteiger charge is -2.12. The maximum absolute atomic E-state index is 13.6. The average molecular weight is 293 g/mol. The van der Waals surface area contributed by atoms with Crippen LogP contribution in [0.4, 0.5) is 17.6 Å². The number of nitrogens with one attached hydrogen (secondary N) is 1. The Hall–Kier alpha value is -1.63. The van der Waals surface area contributed by atoms with Crippen LogP contribution < -0.4 is 5.32 Å². The number of halogens is 4. The Morgan fingerprint density at radius 3 is 2.55 bits per heavy atom. The number of rotatable bonds is 5. The van der Waals surface area contributed by atoms with E-state index >= 15 is 0 Å². The summed E-state index contributed by atoms with van der Waals surface area (Å²) in [5, 5.41) is 2.30. The van der Waals surface area contributed by atoms with Crippen molar-refractivity contribution in [3.8, 4) is 0 Å². The second-order valence-electron chi connectivity index (χ2n) is 4.34. The molecular weight excluding hydrogens is 278 g/mol. The number of benzene rings is 1. The van der Waals surface area contributed by atoms with Crippen LogP contribution in [0.2, 0.25) is 0 Å². The maximum atomic E-state index is 13.6. The topological polar surface area (TPSA) is 38.3 Å². The molecule has 1 amide bonds. The second-order valence-corrected chi connectivity index (χ2v) is 4.34. The van der Waals surface area contributed by atoms with E-state index in [1.165, 1.54) is 0 Å². The van der Waals surface area contributed by atoms with Gasteiger partial charge in [-0.3, -0.25) is 4.79 Å². The monoisotopic (exact) mass is 293 g/mol. The molecule has 0 saturated heterocycles. The van der Waals surface area contributed by atoms with Gasteiger partial charge in [-0.1, -0.05) is 6.07 Å². The molecule has 0 fully saturated rings. The van der Waals surface area contributed by atoms with Crippen molar-refractivity contribution < 1.29 is 27.1 Å². The summed E-state index contributed by atoms with van der Waals surface area (Å²) in [6, 6.07) is 2.59. The molecular formula is C13H15F4NO2. The summed E-state index contributed by atoms with van der Waals surface area (Å²) in [6.07, 6.45) is -4.86. The summed E-state index contributed by atoms with van der Waals surface area (Å²) in [7, 11) is 0. The molecule has 0 bridgehead atoms. The van der Waals surface area contributed by atoms with E-state index in [0.717, 1.165) is 12.1 Å². The lowest BCUT2D eigenvalue weighted by atomic mass is 10.1. The number of amides is 1. The summed E-state index contributed by atoms with van der Waals surface area (Å²) < 4.78 is 56.3. The van der Waals surface area contributed by atoms with Gasteiger partial charge in [0.05, 0.1) is 23.8 Å². The first-order chi connectivity index (χ1) is 9.23. The van der Waals surface area contributed by atoms with Crippen LogP contribution in [0.1, 0.15) is 29.8 Å². The molecule has 20 heavy (non-hydrogen) atoms. The van der Waals surface area contributed by atoms with Gasteiger partial charge in [0.25, 0.3) is 5.91 Å². The maximum Gasteiger partial charge on any atom is 0.419 e. The fourth-order valence-corrected chi connectivity index (χ4v) is 1.48. The Bertz CT molecular complexity index is 472. The summed E-state index contributed by atoms with van der Waals surface area (Å²) >= 11 is 0. The quantitative estimate of drug-likeness (QED) is 0.669. The number of hydrogen-bond acceptors (Lipinski definition) is 2. The van der Waals surface area contributed by atoms with Crippen molar-refractivity contribution in [1.82, 2.24) is 5.32 Å². The van der Waals surface area contributed by atoms with Gasteiger partial charge in [-0.05, 0) is 26.0 Å². The lowest BCUT2D eigenvalue weighted by molar-refractivity contribution is -0.140. The highest BCUT2D eigenvalue weighted by Crippen LogP contribution is 2.32. The molecule has 0 aliphatic carbocycles. The molecule has 0 spiro atoms. The van der Waals surface area contributed by atoms with Gasteiger partial charge in [0.15, 0.2) is 0 Å². The van der Waals surface area contributed by atoms with Crippen LogP contribution in [0, 0.1) is 5.82 Å². The predicted octanol–water partition coefficient (Wildman–Crippen LogP) is 3.00. The zero-order chi connectivity index (χ0) is 15.3. The second kappa shape index (κ2) is 6.69. The van der Waals surface area contributed by atoms with E-state index in [-0.39, 0.29) is 19.3 Å². The highest BCUT2D eigenvalue weighted by atomic mass is 19.4. The number of hydrogen-bond donors (Lipinski definition) is 1. The lowest BCUT2D eigenvalue weighted by Crippen LogP contribution is -2.29. The largest absolute Gasteiger partial charge is 0.419 e. The number of carbonyl (C=O) groups excluding carboxylic acids is 1. The molecule has 1 aromatic rings. The standard InChI is InChI=1S/C13H15F4NO2/c1-8(2)20-7-6-18-12(19)9-4-3-5-10(11(9)14)13(15,16)17/h3-5,8H,6-7H2,1-2H3,(H,18,19). The Morgan fingerprint density at radius 1 is 1.35 bits per heavy atom. The minimum atomic E-state index is -4.83. The highest BCUT2D eigenvalue weighted by Gasteiger charge is 2.35. The summed E-state index contributed by atoms with van der Waals surface area (Å²) in [4.78, 5) is 11.6. The van der Waals surface area contributed by atoms with Gasteiger partial charge in [-0.2, -0.15) is 13.2 Å². The van der Waals surface area contributed by atoms with E-state index < -0.39 is 29.0 Å². The molecule has 0 aliphatic rings.